The smallest absolute Gasteiger partial charge is 0.421 e. The number of amidine groups is 1. The molecule has 0 N–H and O–H groups in total. The van der Waals surface area contributed by atoms with Gasteiger partial charge in [-0.3, -0.25) is 14.6 Å². The lowest BCUT2D eigenvalue weighted by atomic mass is 10.1. The summed E-state index contributed by atoms with van der Waals surface area (Å²) in [5.74, 6) is 1.49. The molecule has 1 atom stereocenters. The van der Waals surface area contributed by atoms with Gasteiger partial charge in [0.15, 0.2) is 0 Å². The van der Waals surface area contributed by atoms with Crippen molar-refractivity contribution in [1.29, 1.82) is 0 Å². The van der Waals surface area contributed by atoms with Crippen molar-refractivity contribution < 1.29 is 18.9 Å². The summed E-state index contributed by atoms with van der Waals surface area (Å²) in [5.41, 5.74) is 2.96. The quantitative estimate of drug-likeness (QED) is 0.648. The second-order valence-corrected chi connectivity index (χ2v) is 7.82. The number of fused-ring (bicyclic) bond motifs is 1. The lowest BCUT2D eigenvalue weighted by molar-refractivity contribution is -0.553. The van der Waals surface area contributed by atoms with Crippen LogP contribution in [0.25, 0.3) is 0 Å². The third kappa shape index (κ3) is 3.47. The number of aromatic nitrogens is 2. The number of carbonyl (C=O) groups excluding carboxylic acids is 2. The van der Waals surface area contributed by atoms with Crippen molar-refractivity contribution in [2.45, 2.75) is 46.2 Å². The Bertz CT molecular complexity index is 1120. The average Bonchev–Trinajstić information content (AvgIpc) is 3.40. The number of rotatable bonds is 6. The van der Waals surface area contributed by atoms with E-state index in [0.29, 0.717) is 24.9 Å². The molecule has 3 amide bonds. The molecule has 9 nitrogen and oxygen atoms in total. The van der Waals surface area contributed by atoms with Gasteiger partial charge in [-0.2, -0.15) is 0 Å². The molecule has 4 rings (SSSR count). The third-order valence-electron chi connectivity index (χ3n) is 5.96. The van der Waals surface area contributed by atoms with Crippen LogP contribution < -0.4 is 4.74 Å². The van der Waals surface area contributed by atoms with E-state index in [-0.39, 0.29) is 11.9 Å². The SMILES string of the molecule is CCc1cc(CC)n(C2=[N+](Cc3ccc(OC)cc3)C3C(=O)N(CC)C(=O)N(C)C3=N2)n1. The van der Waals surface area contributed by atoms with Crippen LogP contribution in [0.15, 0.2) is 35.3 Å². The van der Waals surface area contributed by atoms with E-state index in [2.05, 4.69) is 19.9 Å². The highest BCUT2D eigenvalue weighted by atomic mass is 16.5. The van der Waals surface area contributed by atoms with Gasteiger partial charge in [-0.15, -0.1) is 9.78 Å². The molecule has 0 radical (unpaired) electrons. The van der Waals surface area contributed by atoms with E-state index >= 15 is 0 Å². The molecular formula is C23H29N6O3+. The molecule has 9 heteroatoms. The van der Waals surface area contributed by atoms with E-state index in [1.54, 1.807) is 21.1 Å². The summed E-state index contributed by atoms with van der Waals surface area (Å²) in [6, 6.07) is 8.74. The number of likely N-dealkylation sites (N-methyl/N-ethyl adjacent to an activating group) is 2. The predicted molar refractivity (Wildman–Crippen MR) is 120 cm³/mol. The Morgan fingerprint density at radius 2 is 1.81 bits per heavy atom. The van der Waals surface area contributed by atoms with Crippen molar-refractivity contribution in [3.8, 4) is 5.75 Å². The fourth-order valence-electron chi connectivity index (χ4n) is 4.13. The van der Waals surface area contributed by atoms with Crippen LogP contribution in [-0.2, 0) is 24.2 Å². The van der Waals surface area contributed by atoms with Crippen molar-refractivity contribution in [2.75, 3.05) is 20.7 Å². The summed E-state index contributed by atoms with van der Waals surface area (Å²) in [4.78, 5) is 33.7. The van der Waals surface area contributed by atoms with Gasteiger partial charge in [0, 0.05) is 20.0 Å². The van der Waals surface area contributed by atoms with Crippen LogP contribution in [0.2, 0.25) is 0 Å². The van der Waals surface area contributed by atoms with Crippen LogP contribution >= 0.6 is 0 Å². The zero-order valence-electron chi connectivity index (χ0n) is 19.2. The molecule has 2 aliphatic rings. The second kappa shape index (κ2) is 8.57. The summed E-state index contributed by atoms with van der Waals surface area (Å²) >= 11 is 0. The summed E-state index contributed by atoms with van der Waals surface area (Å²) < 4.78 is 9.03. The number of imide groups is 1. The Balaban J connectivity index is 1.86. The van der Waals surface area contributed by atoms with E-state index < -0.39 is 6.04 Å². The maximum atomic E-state index is 13.4. The van der Waals surface area contributed by atoms with Gasteiger partial charge in [0.05, 0.1) is 19.3 Å². The van der Waals surface area contributed by atoms with E-state index in [0.717, 1.165) is 35.5 Å². The Kier molecular flexibility index (Phi) is 5.82. The van der Waals surface area contributed by atoms with E-state index in [1.165, 1.54) is 9.80 Å². The molecule has 1 saturated heterocycles. The number of nitrogens with zero attached hydrogens (tertiary/aromatic N) is 6. The van der Waals surface area contributed by atoms with Gasteiger partial charge in [-0.25, -0.2) is 9.37 Å². The maximum absolute atomic E-state index is 13.4. The van der Waals surface area contributed by atoms with Gasteiger partial charge in [-0.1, -0.05) is 31.0 Å². The second-order valence-electron chi connectivity index (χ2n) is 7.82. The Labute approximate surface area is 187 Å². The lowest BCUT2D eigenvalue weighted by Gasteiger charge is -2.33. The summed E-state index contributed by atoms with van der Waals surface area (Å²) in [5, 5.41) is 4.75. The normalized spacial score (nSPS) is 18.4. The molecule has 1 aromatic carbocycles. The van der Waals surface area contributed by atoms with Gasteiger partial charge in [-0.05, 0) is 37.1 Å². The van der Waals surface area contributed by atoms with Crippen LogP contribution in [0.4, 0.5) is 4.79 Å². The highest BCUT2D eigenvalue weighted by molar-refractivity contribution is 6.22. The lowest BCUT2D eigenvalue weighted by Crippen LogP contribution is -2.62. The molecule has 32 heavy (non-hydrogen) atoms. The number of hydrogen-bond donors (Lipinski definition) is 0. The number of benzene rings is 1. The van der Waals surface area contributed by atoms with Gasteiger partial charge in [0.2, 0.25) is 11.9 Å². The molecule has 0 saturated carbocycles. The van der Waals surface area contributed by atoms with Crippen molar-refractivity contribution in [2.24, 2.45) is 4.99 Å². The van der Waals surface area contributed by atoms with Crippen molar-refractivity contribution in [3.05, 3.63) is 47.3 Å². The molecule has 0 bridgehead atoms. The summed E-state index contributed by atoms with van der Waals surface area (Å²) in [6.07, 6.45) is 1.57. The highest BCUT2D eigenvalue weighted by Crippen LogP contribution is 2.23. The molecule has 0 aliphatic carbocycles. The minimum atomic E-state index is -0.686. The Hall–Kier alpha value is -3.49. The molecule has 0 spiro atoms. The van der Waals surface area contributed by atoms with Crippen LogP contribution in [0.3, 0.4) is 0 Å². The van der Waals surface area contributed by atoms with Crippen LogP contribution in [0.1, 0.15) is 37.7 Å². The largest absolute Gasteiger partial charge is 0.497 e. The number of ether oxygens (including phenoxy) is 1. The van der Waals surface area contributed by atoms with Gasteiger partial charge < -0.3 is 4.74 Å². The molecule has 2 aromatic rings. The summed E-state index contributed by atoms with van der Waals surface area (Å²) in [6.45, 7) is 6.67. The number of hydrogen-bond acceptors (Lipinski definition) is 5. The van der Waals surface area contributed by atoms with E-state index in [9.17, 15) is 9.59 Å². The first-order valence-corrected chi connectivity index (χ1v) is 11.0. The minimum Gasteiger partial charge on any atom is -0.497 e. The molecule has 1 fully saturated rings. The topological polar surface area (TPSA) is 83.0 Å². The fraction of sp³-hybridized carbons (Fsp3) is 0.435. The molecule has 1 aromatic heterocycles. The van der Waals surface area contributed by atoms with Gasteiger partial charge in [0.1, 0.15) is 11.4 Å². The molecule has 2 aliphatic heterocycles. The molecule has 1 unspecified atom stereocenters. The zero-order valence-corrected chi connectivity index (χ0v) is 19.2. The standard InChI is InChI=1S/C23H29N6O3/c1-6-16-13-17(7-2)29(25-16)22-24-20-19(21(30)27(8-3)23(31)26(20)4)28(22)14-15-9-11-18(32-5)12-10-15/h9-13,19H,6-8,14H2,1-5H3/q+1. The number of urea groups is 1. The van der Waals surface area contributed by atoms with Crippen molar-refractivity contribution in [1.82, 2.24) is 19.6 Å². The van der Waals surface area contributed by atoms with Crippen LogP contribution in [0, 0.1) is 0 Å². The number of amides is 3. The minimum absolute atomic E-state index is 0.265. The van der Waals surface area contributed by atoms with Crippen LogP contribution in [0.5, 0.6) is 5.75 Å². The van der Waals surface area contributed by atoms with Gasteiger partial charge >= 0.3 is 12.0 Å². The molecule has 3 heterocycles. The zero-order chi connectivity index (χ0) is 23.0. The third-order valence-corrected chi connectivity index (χ3v) is 5.96. The van der Waals surface area contributed by atoms with Gasteiger partial charge in [0.25, 0.3) is 5.91 Å². The molecule has 168 valence electrons. The predicted octanol–water partition coefficient (Wildman–Crippen LogP) is 2.13. The first-order chi connectivity index (χ1) is 15.4. The average molecular weight is 438 g/mol. The maximum Gasteiger partial charge on any atom is 0.421 e. The van der Waals surface area contributed by atoms with E-state index in [1.807, 2.05) is 33.5 Å². The first kappa shape index (κ1) is 21.7. The van der Waals surface area contributed by atoms with Crippen molar-refractivity contribution >= 4 is 23.7 Å². The van der Waals surface area contributed by atoms with E-state index in [4.69, 9.17) is 14.8 Å². The number of methoxy groups -OCH3 is 1. The van der Waals surface area contributed by atoms with Crippen LogP contribution in [-0.4, -0.2) is 74.6 Å². The fourth-order valence-corrected chi connectivity index (χ4v) is 4.13. The van der Waals surface area contributed by atoms with Crippen molar-refractivity contribution in [3.63, 3.8) is 0 Å². The highest BCUT2D eigenvalue weighted by Gasteiger charge is 2.52. The Morgan fingerprint density at radius 3 is 2.41 bits per heavy atom. The number of aryl methyl sites for hydroxylation is 2. The Morgan fingerprint density at radius 1 is 1.09 bits per heavy atom. The first-order valence-electron chi connectivity index (χ1n) is 11.0. The number of aliphatic imine (C=N–C) groups is 1. The monoisotopic (exact) mass is 437 g/mol. The number of carbonyl (C=O) groups is 2. The summed E-state index contributed by atoms with van der Waals surface area (Å²) in [7, 11) is 3.29. The molecular weight excluding hydrogens is 408 g/mol.